The molecule has 1 fully saturated rings. The third-order valence-electron chi connectivity index (χ3n) is 3.08. The molecule has 1 saturated heterocycles. The van der Waals surface area contributed by atoms with Crippen molar-refractivity contribution in [2.24, 2.45) is 0 Å². The fourth-order valence-corrected chi connectivity index (χ4v) is 2.08. The molecule has 25 heavy (non-hydrogen) atoms. The summed E-state index contributed by atoms with van der Waals surface area (Å²) < 4.78 is 20.1. The first-order valence-corrected chi connectivity index (χ1v) is 7.68. The molecule has 0 atom stereocenters. The lowest BCUT2D eigenvalue weighted by Crippen LogP contribution is -2.10. The second kappa shape index (κ2) is 10.4. The number of aliphatic carboxylic acids is 1. The molecule has 0 aliphatic carbocycles. The highest BCUT2D eigenvalue weighted by Gasteiger charge is 2.22. The zero-order valence-corrected chi connectivity index (χ0v) is 14.4. The van der Waals surface area contributed by atoms with Crippen LogP contribution in [0.5, 0.6) is 5.75 Å². The largest absolute Gasteiger partial charge is 0.496 e. The number of hydrogen-bond acceptors (Lipinski definition) is 7. The lowest BCUT2D eigenvalue weighted by molar-refractivity contribution is -0.140. The van der Waals surface area contributed by atoms with Crippen molar-refractivity contribution in [3.05, 3.63) is 29.3 Å². The van der Waals surface area contributed by atoms with Crippen LogP contribution in [0.4, 0.5) is 0 Å². The van der Waals surface area contributed by atoms with E-state index in [1.165, 1.54) is 14.0 Å². The standard InChI is InChI=1S/C13H14O6.C4H8O2/c1-17-11-3-2-8(13-18-4-5-19-13)6-9(11)10(14)7-12(15)16;1-3-6-4(2)5/h2-3,6,13H,4-5,7H2,1H3,(H,15,16);3H2,1-2H3. The molecule has 8 heteroatoms. The average molecular weight is 354 g/mol. The molecule has 1 aromatic carbocycles. The minimum Gasteiger partial charge on any atom is -0.496 e. The topological polar surface area (TPSA) is 108 Å². The number of ether oxygens (including phenoxy) is 4. The lowest BCUT2D eigenvalue weighted by Gasteiger charge is -2.13. The Labute approximate surface area is 145 Å². The second-order valence-corrected chi connectivity index (χ2v) is 4.95. The molecule has 0 unspecified atom stereocenters. The van der Waals surface area contributed by atoms with Gasteiger partial charge in [-0.3, -0.25) is 14.4 Å². The van der Waals surface area contributed by atoms with Crippen LogP contribution in [-0.4, -0.2) is 49.8 Å². The predicted molar refractivity (Wildman–Crippen MR) is 86.5 cm³/mol. The van der Waals surface area contributed by atoms with Crippen molar-refractivity contribution >= 4 is 17.7 Å². The third kappa shape index (κ3) is 6.90. The Morgan fingerprint density at radius 3 is 2.32 bits per heavy atom. The van der Waals surface area contributed by atoms with Crippen molar-refractivity contribution in [2.75, 3.05) is 26.9 Å². The molecule has 1 heterocycles. The van der Waals surface area contributed by atoms with Crippen molar-refractivity contribution in [2.45, 2.75) is 26.6 Å². The van der Waals surface area contributed by atoms with Crippen LogP contribution >= 0.6 is 0 Å². The van der Waals surface area contributed by atoms with Gasteiger partial charge in [-0.15, -0.1) is 0 Å². The highest BCUT2D eigenvalue weighted by Crippen LogP contribution is 2.28. The Hall–Kier alpha value is -2.45. The monoisotopic (exact) mass is 354 g/mol. The summed E-state index contributed by atoms with van der Waals surface area (Å²) in [6, 6.07) is 4.89. The van der Waals surface area contributed by atoms with Crippen molar-refractivity contribution in [1.82, 2.24) is 0 Å². The van der Waals surface area contributed by atoms with Crippen LogP contribution in [-0.2, 0) is 23.8 Å². The maximum absolute atomic E-state index is 11.9. The van der Waals surface area contributed by atoms with E-state index >= 15 is 0 Å². The maximum atomic E-state index is 11.9. The smallest absolute Gasteiger partial charge is 0.311 e. The van der Waals surface area contributed by atoms with Crippen LogP contribution in [0.3, 0.4) is 0 Å². The number of methoxy groups -OCH3 is 1. The normalized spacial score (nSPS) is 13.6. The number of carbonyl (C=O) groups excluding carboxylic acids is 2. The molecule has 0 amide bonds. The van der Waals surface area contributed by atoms with Crippen LogP contribution in [0.2, 0.25) is 0 Å². The number of carbonyl (C=O) groups is 3. The van der Waals surface area contributed by atoms with Crippen LogP contribution in [0, 0.1) is 0 Å². The van der Waals surface area contributed by atoms with Gasteiger partial charge in [0.05, 0.1) is 32.5 Å². The lowest BCUT2D eigenvalue weighted by atomic mass is 10.0. The van der Waals surface area contributed by atoms with E-state index in [0.29, 0.717) is 31.1 Å². The number of carboxylic acids is 1. The summed E-state index contributed by atoms with van der Waals surface area (Å²) >= 11 is 0. The number of carboxylic acid groups (broad SMARTS) is 1. The van der Waals surface area contributed by atoms with Crippen molar-refractivity contribution in [1.29, 1.82) is 0 Å². The van der Waals surface area contributed by atoms with E-state index in [1.54, 1.807) is 25.1 Å². The Bertz CT molecular complexity index is 605. The average Bonchev–Trinajstić information content (AvgIpc) is 3.08. The molecule has 1 aromatic rings. The number of hydrogen-bond donors (Lipinski definition) is 1. The molecule has 0 aromatic heterocycles. The summed E-state index contributed by atoms with van der Waals surface area (Å²) in [5, 5.41) is 8.68. The Balaban J connectivity index is 0.000000450. The summed E-state index contributed by atoms with van der Waals surface area (Å²) in [7, 11) is 1.43. The second-order valence-electron chi connectivity index (χ2n) is 4.95. The first-order valence-electron chi connectivity index (χ1n) is 7.68. The summed E-state index contributed by atoms with van der Waals surface area (Å²) in [4.78, 5) is 32.3. The summed E-state index contributed by atoms with van der Waals surface area (Å²) in [6.45, 7) is 4.64. The quantitative estimate of drug-likeness (QED) is 0.469. The summed E-state index contributed by atoms with van der Waals surface area (Å²) in [6.07, 6.45) is -1.09. The number of rotatable bonds is 6. The SMILES string of the molecule is CCOC(C)=O.COc1ccc(C2OCCO2)cc1C(=O)CC(=O)O. The molecule has 138 valence electrons. The Kier molecular flexibility index (Phi) is 8.59. The maximum Gasteiger partial charge on any atom is 0.311 e. The van der Waals surface area contributed by atoms with E-state index < -0.39 is 24.5 Å². The van der Waals surface area contributed by atoms with E-state index in [1.807, 2.05) is 0 Å². The van der Waals surface area contributed by atoms with Gasteiger partial charge in [0.25, 0.3) is 0 Å². The third-order valence-corrected chi connectivity index (χ3v) is 3.08. The fraction of sp³-hybridized carbons (Fsp3) is 0.471. The van der Waals surface area contributed by atoms with Gasteiger partial charge in [0, 0.05) is 12.5 Å². The molecule has 1 N–H and O–H groups in total. The molecular formula is C17H22O8. The molecule has 8 nitrogen and oxygen atoms in total. The first-order chi connectivity index (χ1) is 11.9. The molecule has 1 aliphatic heterocycles. The minimum absolute atomic E-state index is 0.211. The van der Waals surface area contributed by atoms with Gasteiger partial charge in [0.2, 0.25) is 0 Å². The van der Waals surface area contributed by atoms with Crippen LogP contribution in [0.15, 0.2) is 18.2 Å². The van der Waals surface area contributed by atoms with Gasteiger partial charge in [0.15, 0.2) is 12.1 Å². The molecule has 0 spiro atoms. The van der Waals surface area contributed by atoms with Crippen LogP contribution in [0.25, 0.3) is 0 Å². The van der Waals surface area contributed by atoms with E-state index in [-0.39, 0.29) is 11.5 Å². The zero-order valence-electron chi connectivity index (χ0n) is 14.4. The van der Waals surface area contributed by atoms with E-state index in [4.69, 9.17) is 19.3 Å². The fourth-order valence-electron chi connectivity index (χ4n) is 2.08. The first kappa shape index (κ1) is 20.6. The van der Waals surface area contributed by atoms with Gasteiger partial charge in [-0.05, 0) is 19.1 Å². The molecule has 0 saturated carbocycles. The summed E-state index contributed by atoms with van der Waals surface area (Å²) in [5.74, 6) is -1.56. The van der Waals surface area contributed by atoms with Crippen molar-refractivity contribution < 1.29 is 38.4 Å². The Morgan fingerprint density at radius 1 is 1.24 bits per heavy atom. The number of esters is 1. The van der Waals surface area contributed by atoms with Gasteiger partial charge in [-0.2, -0.15) is 0 Å². The van der Waals surface area contributed by atoms with E-state index in [0.717, 1.165) is 0 Å². The van der Waals surface area contributed by atoms with E-state index in [2.05, 4.69) is 4.74 Å². The van der Waals surface area contributed by atoms with Gasteiger partial charge < -0.3 is 24.1 Å². The number of benzene rings is 1. The van der Waals surface area contributed by atoms with Crippen LogP contribution in [0.1, 0.15) is 42.5 Å². The van der Waals surface area contributed by atoms with Gasteiger partial charge >= 0.3 is 11.9 Å². The molecule has 1 aliphatic rings. The molecule has 2 rings (SSSR count). The van der Waals surface area contributed by atoms with Gasteiger partial charge in [0.1, 0.15) is 12.2 Å². The zero-order chi connectivity index (χ0) is 18.8. The Morgan fingerprint density at radius 2 is 1.88 bits per heavy atom. The molecule has 0 bridgehead atoms. The molecule has 0 radical (unpaired) electrons. The molecular weight excluding hydrogens is 332 g/mol. The van der Waals surface area contributed by atoms with Crippen molar-refractivity contribution in [3.63, 3.8) is 0 Å². The van der Waals surface area contributed by atoms with Crippen molar-refractivity contribution in [3.8, 4) is 5.75 Å². The van der Waals surface area contributed by atoms with E-state index in [9.17, 15) is 14.4 Å². The number of Topliss-reactive ketones (excluding diaryl/α,β-unsaturated/α-hetero) is 1. The highest BCUT2D eigenvalue weighted by molar-refractivity contribution is 6.07. The minimum atomic E-state index is -1.18. The van der Waals surface area contributed by atoms with Crippen LogP contribution < -0.4 is 4.74 Å². The number of ketones is 1. The van der Waals surface area contributed by atoms with Gasteiger partial charge in [-0.25, -0.2) is 0 Å². The highest BCUT2D eigenvalue weighted by atomic mass is 16.7. The van der Waals surface area contributed by atoms with Gasteiger partial charge in [-0.1, -0.05) is 6.07 Å². The summed E-state index contributed by atoms with van der Waals surface area (Å²) in [5.41, 5.74) is 0.897. The predicted octanol–water partition coefficient (Wildman–Crippen LogP) is 1.97.